The third-order valence-electron chi connectivity index (χ3n) is 7.43. The van der Waals surface area contributed by atoms with E-state index < -0.39 is 18.1 Å². The molecular weight excluding hydrogens is 422 g/mol. The van der Waals surface area contributed by atoms with Crippen LogP contribution in [-0.4, -0.2) is 41.3 Å². The Kier molecular flexibility index (Phi) is 6.13. The van der Waals surface area contributed by atoms with Crippen molar-refractivity contribution in [2.75, 3.05) is 18.1 Å². The summed E-state index contributed by atoms with van der Waals surface area (Å²) < 4.78 is 5.52. The third kappa shape index (κ3) is 4.25. The predicted molar refractivity (Wildman–Crippen MR) is 126 cm³/mol. The van der Waals surface area contributed by atoms with E-state index in [1.807, 2.05) is 24.3 Å². The molecule has 3 aliphatic rings. The minimum atomic E-state index is -1.01. The Balaban J connectivity index is 1.14. The van der Waals surface area contributed by atoms with Gasteiger partial charge in [-0.3, -0.25) is 0 Å². The summed E-state index contributed by atoms with van der Waals surface area (Å²) in [6.45, 7) is 0.185. The number of fused-ring (bicyclic) bond motifs is 5. The SMILES string of the molecule is O=C(NC(CSCC1CC2CCC1C2)C(=O)O)OCC1c2ccccc2-c2ccccc21. The lowest BCUT2D eigenvalue weighted by molar-refractivity contribution is -0.138. The van der Waals surface area contributed by atoms with Crippen molar-refractivity contribution in [2.45, 2.75) is 37.6 Å². The summed E-state index contributed by atoms with van der Waals surface area (Å²) in [5.41, 5.74) is 4.60. The molecule has 2 saturated carbocycles. The molecule has 0 aliphatic heterocycles. The first-order valence-corrected chi connectivity index (χ1v) is 12.7. The van der Waals surface area contributed by atoms with Crippen LogP contribution in [0.25, 0.3) is 11.1 Å². The highest BCUT2D eigenvalue weighted by Crippen LogP contribution is 2.49. The normalized spacial score (nSPS) is 24.1. The predicted octanol–water partition coefficient (Wildman–Crippen LogP) is 5.15. The molecule has 4 atom stereocenters. The van der Waals surface area contributed by atoms with E-state index in [-0.39, 0.29) is 12.5 Å². The Morgan fingerprint density at radius 3 is 2.31 bits per heavy atom. The number of hydrogen-bond donors (Lipinski definition) is 2. The second kappa shape index (κ2) is 9.18. The number of nitrogens with one attached hydrogen (secondary N) is 1. The maximum Gasteiger partial charge on any atom is 0.407 e. The number of rotatable bonds is 8. The number of carbonyl (C=O) groups excluding carboxylic acids is 1. The van der Waals surface area contributed by atoms with Gasteiger partial charge in [0.1, 0.15) is 12.6 Å². The van der Waals surface area contributed by atoms with Crippen LogP contribution in [0.1, 0.15) is 42.7 Å². The molecule has 2 bridgehead atoms. The van der Waals surface area contributed by atoms with Gasteiger partial charge in [-0.2, -0.15) is 11.8 Å². The fourth-order valence-electron chi connectivity index (χ4n) is 5.87. The Morgan fingerprint density at radius 1 is 1.03 bits per heavy atom. The zero-order valence-electron chi connectivity index (χ0n) is 18.0. The van der Waals surface area contributed by atoms with Crippen LogP contribution in [-0.2, 0) is 9.53 Å². The van der Waals surface area contributed by atoms with Crippen LogP contribution < -0.4 is 5.32 Å². The standard InChI is InChI=1S/C26H29NO4S/c28-25(29)24(15-32-14-18-12-16-9-10-17(18)11-16)27-26(30)31-13-23-21-7-3-1-5-19(21)20-6-2-4-8-22(20)23/h1-8,16-18,23-24H,9-15H2,(H,27,30)(H,28,29). The van der Waals surface area contributed by atoms with Gasteiger partial charge >= 0.3 is 12.1 Å². The van der Waals surface area contributed by atoms with Crippen molar-refractivity contribution >= 4 is 23.8 Å². The summed E-state index contributed by atoms with van der Waals surface area (Å²) >= 11 is 1.64. The molecule has 0 spiro atoms. The average molecular weight is 452 g/mol. The molecule has 2 aromatic carbocycles. The van der Waals surface area contributed by atoms with Gasteiger partial charge in [-0.1, -0.05) is 55.0 Å². The quantitative estimate of drug-likeness (QED) is 0.581. The molecule has 1 amide bonds. The highest BCUT2D eigenvalue weighted by molar-refractivity contribution is 7.99. The summed E-state index contributed by atoms with van der Waals surface area (Å²) in [6, 6.07) is 15.4. The lowest BCUT2D eigenvalue weighted by atomic mass is 9.90. The lowest BCUT2D eigenvalue weighted by Crippen LogP contribution is -2.43. The number of carbonyl (C=O) groups is 2. The lowest BCUT2D eigenvalue weighted by Gasteiger charge is -2.22. The van der Waals surface area contributed by atoms with Crippen molar-refractivity contribution in [1.29, 1.82) is 0 Å². The van der Waals surface area contributed by atoms with Crippen molar-refractivity contribution in [3.05, 3.63) is 59.7 Å². The van der Waals surface area contributed by atoms with Crippen molar-refractivity contribution in [2.24, 2.45) is 17.8 Å². The Hall–Kier alpha value is -2.47. The van der Waals surface area contributed by atoms with Gasteiger partial charge in [-0.15, -0.1) is 0 Å². The number of ether oxygens (including phenoxy) is 1. The summed E-state index contributed by atoms with van der Waals surface area (Å²) in [4.78, 5) is 24.2. The highest BCUT2D eigenvalue weighted by Gasteiger charge is 2.39. The zero-order valence-corrected chi connectivity index (χ0v) is 18.9. The molecule has 6 heteroatoms. The van der Waals surface area contributed by atoms with Crippen molar-refractivity contribution in [1.82, 2.24) is 5.32 Å². The molecule has 4 unspecified atom stereocenters. The number of carboxylic acids is 1. The molecular formula is C26H29NO4S. The molecule has 2 aromatic rings. The van der Waals surface area contributed by atoms with E-state index in [4.69, 9.17) is 4.74 Å². The van der Waals surface area contributed by atoms with Crippen LogP contribution >= 0.6 is 11.8 Å². The largest absolute Gasteiger partial charge is 0.480 e. The first-order valence-electron chi connectivity index (χ1n) is 11.5. The van der Waals surface area contributed by atoms with E-state index in [2.05, 4.69) is 29.6 Å². The van der Waals surface area contributed by atoms with E-state index >= 15 is 0 Å². The Labute approximate surface area is 192 Å². The fourth-order valence-corrected chi connectivity index (χ4v) is 7.18. The van der Waals surface area contributed by atoms with Gasteiger partial charge in [0.25, 0.3) is 0 Å². The van der Waals surface area contributed by atoms with Gasteiger partial charge in [0.15, 0.2) is 0 Å². The number of benzene rings is 2. The second-order valence-electron chi connectivity index (χ2n) is 9.33. The monoisotopic (exact) mass is 451 g/mol. The second-order valence-corrected chi connectivity index (χ2v) is 10.4. The van der Waals surface area contributed by atoms with E-state index in [0.717, 1.165) is 39.8 Å². The molecule has 0 radical (unpaired) electrons. The summed E-state index contributed by atoms with van der Waals surface area (Å²) in [7, 11) is 0. The van der Waals surface area contributed by atoms with Gasteiger partial charge in [0.2, 0.25) is 0 Å². The average Bonchev–Trinajstić information content (AvgIpc) is 3.50. The van der Waals surface area contributed by atoms with E-state index in [0.29, 0.717) is 11.7 Å². The van der Waals surface area contributed by atoms with E-state index in [1.54, 1.807) is 11.8 Å². The van der Waals surface area contributed by atoms with Crippen LogP contribution in [0.5, 0.6) is 0 Å². The van der Waals surface area contributed by atoms with Crippen LogP contribution in [0.3, 0.4) is 0 Å². The van der Waals surface area contributed by atoms with Gasteiger partial charge in [-0.05, 0) is 65.0 Å². The topological polar surface area (TPSA) is 75.6 Å². The maximum absolute atomic E-state index is 12.5. The minimum Gasteiger partial charge on any atom is -0.480 e. The number of alkyl carbamates (subject to hydrolysis) is 1. The van der Waals surface area contributed by atoms with E-state index in [9.17, 15) is 14.7 Å². The molecule has 0 heterocycles. The summed E-state index contributed by atoms with van der Waals surface area (Å²) in [6.07, 6.45) is 4.67. The van der Waals surface area contributed by atoms with Crippen molar-refractivity contribution in [3.8, 4) is 11.1 Å². The number of thioether (sulfide) groups is 1. The van der Waals surface area contributed by atoms with Crippen LogP contribution in [0.2, 0.25) is 0 Å². The third-order valence-corrected chi connectivity index (χ3v) is 8.67. The Bertz CT molecular complexity index is 963. The molecule has 32 heavy (non-hydrogen) atoms. The number of carboxylic acid groups (broad SMARTS) is 1. The number of aliphatic carboxylic acids is 1. The first kappa shape index (κ1) is 21.4. The molecule has 0 aromatic heterocycles. The number of amides is 1. The maximum atomic E-state index is 12.5. The highest BCUT2D eigenvalue weighted by atomic mass is 32.2. The summed E-state index contributed by atoms with van der Waals surface area (Å²) in [5.74, 6) is 2.72. The molecule has 2 N–H and O–H groups in total. The van der Waals surface area contributed by atoms with Crippen molar-refractivity contribution in [3.63, 3.8) is 0 Å². The first-order chi connectivity index (χ1) is 15.6. The summed E-state index contributed by atoms with van der Waals surface area (Å²) in [5, 5.41) is 12.1. The number of hydrogen-bond acceptors (Lipinski definition) is 4. The van der Waals surface area contributed by atoms with E-state index in [1.165, 1.54) is 25.7 Å². The van der Waals surface area contributed by atoms with Gasteiger partial charge in [0.05, 0.1) is 0 Å². The van der Waals surface area contributed by atoms with Crippen LogP contribution in [0.4, 0.5) is 4.79 Å². The van der Waals surface area contributed by atoms with Gasteiger partial charge in [0, 0.05) is 11.7 Å². The zero-order chi connectivity index (χ0) is 22.1. The molecule has 5 rings (SSSR count). The minimum absolute atomic E-state index is 0.0383. The smallest absolute Gasteiger partial charge is 0.407 e. The molecule has 168 valence electrons. The molecule has 5 nitrogen and oxygen atoms in total. The molecule has 2 fully saturated rings. The molecule has 0 saturated heterocycles. The van der Waals surface area contributed by atoms with Crippen LogP contribution in [0.15, 0.2) is 48.5 Å². The Morgan fingerprint density at radius 2 is 1.72 bits per heavy atom. The van der Waals surface area contributed by atoms with Crippen LogP contribution in [0, 0.1) is 17.8 Å². The van der Waals surface area contributed by atoms with Gasteiger partial charge < -0.3 is 15.2 Å². The van der Waals surface area contributed by atoms with Gasteiger partial charge in [-0.25, -0.2) is 9.59 Å². The molecule has 3 aliphatic carbocycles. The van der Waals surface area contributed by atoms with Crippen molar-refractivity contribution < 1.29 is 19.4 Å². The fraction of sp³-hybridized carbons (Fsp3) is 0.462.